The molecule has 1 N–H and O–H groups in total. The average molecular weight is 287 g/mol. The first-order chi connectivity index (χ1) is 9.73. The van der Waals surface area contributed by atoms with Gasteiger partial charge in [-0.3, -0.25) is 0 Å². The number of hydrogen-bond donors (Lipinski definition) is 1. The standard InChI is InChI=1S/C18H25NS/c1-18(14-6-7-14,12-19-15-8-9-15)11-16-10-13-4-2-3-5-17(13)20-16/h2-5,14-16,19H,6-12H2,1H3. The minimum Gasteiger partial charge on any atom is -0.313 e. The fourth-order valence-corrected chi connectivity index (χ4v) is 5.26. The van der Waals surface area contributed by atoms with Gasteiger partial charge in [0.05, 0.1) is 0 Å². The summed E-state index contributed by atoms with van der Waals surface area (Å²) in [4.78, 5) is 1.53. The second-order valence-corrected chi connectivity index (χ2v) is 8.68. The molecule has 0 bridgehead atoms. The second-order valence-electron chi connectivity index (χ2n) is 7.34. The van der Waals surface area contributed by atoms with Crippen LogP contribution in [0, 0.1) is 11.3 Å². The minimum absolute atomic E-state index is 0.530. The zero-order valence-electron chi connectivity index (χ0n) is 12.4. The van der Waals surface area contributed by atoms with E-state index in [0.717, 1.165) is 17.2 Å². The molecule has 2 fully saturated rings. The van der Waals surface area contributed by atoms with E-state index in [-0.39, 0.29) is 0 Å². The Hall–Kier alpha value is -0.470. The third-order valence-corrected chi connectivity index (χ3v) is 6.66. The van der Waals surface area contributed by atoms with Crippen LogP contribution in [0.25, 0.3) is 0 Å². The van der Waals surface area contributed by atoms with Crippen molar-refractivity contribution in [1.29, 1.82) is 0 Å². The highest BCUT2D eigenvalue weighted by molar-refractivity contribution is 8.00. The maximum absolute atomic E-state index is 3.80. The highest BCUT2D eigenvalue weighted by atomic mass is 32.2. The summed E-state index contributed by atoms with van der Waals surface area (Å²) in [5.41, 5.74) is 2.11. The maximum atomic E-state index is 3.80. The van der Waals surface area contributed by atoms with Crippen LogP contribution in [0.4, 0.5) is 0 Å². The van der Waals surface area contributed by atoms with Gasteiger partial charge < -0.3 is 5.32 Å². The first-order valence-corrected chi connectivity index (χ1v) is 9.09. The van der Waals surface area contributed by atoms with Crippen LogP contribution in [0.5, 0.6) is 0 Å². The summed E-state index contributed by atoms with van der Waals surface area (Å²) in [5.74, 6) is 0.984. The first-order valence-electron chi connectivity index (χ1n) is 8.21. The van der Waals surface area contributed by atoms with E-state index >= 15 is 0 Å². The molecule has 108 valence electrons. The highest BCUT2D eigenvalue weighted by Gasteiger charge is 2.44. The predicted octanol–water partition coefficient (Wildman–Crippen LogP) is 4.26. The van der Waals surface area contributed by atoms with Crippen LogP contribution in [-0.2, 0) is 6.42 Å². The van der Waals surface area contributed by atoms with Crippen LogP contribution < -0.4 is 5.32 Å². The molecule has 1 aliphatic heterocycles. The fraction of sp³-hybridized carbons (Fsp3) is 0.667. The van der Waals surface area contributed by atoms with E-state index in [4.69, 9.17) is 0 Å². The Kier molecular flexibility index (Phi) is 3.35. The van der Waals surface area contributed by atoms with E-state index in [1.54, 1.807) is 5.56 Å². The molecule has 2 saturated carbocycles. The van der Waals surface area contributed by atoms with E-state index in [1.165, 1.54) is 50.0 Å². The van der Waals surface area contributed by atoms with Gasteiger partial charge in [-0.1, -0.05) is 25.1 Å². The van der Waals surface area contributed by atoms with Crippen LogP contribution in [-0.4, -0.2) is 17.8 Å². The number of fused-ring (bicyclic) bond motifs is 1. The largest absolute Gasteiger partial charge is 0.313 e. The van der Waals surface area contributed by atoms with Gasteiger partial charge in [0.25, 0.3) is 0 Å². The monoisotopic (exact) mass is 287 g/mol. The molecule has 0 radical (unpaired) electrons. The third kappa shape index (κ3) is 2.78. The van der Waals surface area contributed by atoms with Crippen molar-refractivity contribution in [3.63, 3.8) is 0 Å². The minimum atomic E-state index is 0.530. The van der Waals surface area contributed by atoms with Crippen molar-refractivity contribution >= 4 is 11.8 Å². The smallest absolute Gasteiger partial charge is 0.0141 e. The fourth-order valence-electron chi connectivity index (χ4n) is 3.72. The van der Waals surface area contributed by atoms with Gasteiger partial charge in [0.2, 0.25) is 0 Å². The SMILES string of the molecule is CC(CNC1CC1)(CC1Cc2ccccc2S1)C1CC1. The lowest BCUT2D eigenvalue weighted by Crippen LogP contribution is -2.37. The molecule has 1 aromatic rings. The van der Waals surface area contributed by atoms with Crippen LogP contribution in [0.3, 0.4) is 0 Å². The number of nitrogens with one attached hydrogen (secondary N) is 1. The zero-order chi connectivity index (χ0) is 13.6. The number of hydrogen-bond acceptors (Lipinski definition) is 2. The summed E-state index contributed by atoms with van der Waals surface area (Å²) in [7, 11) is 0. The summed E-state index contributed by atoms with van der Waals surface area (Å²) in [6.45, 7) is 3.79. The summed E-state index contributed by atoms with van der Waals surface area (Å²) >= 11 is 2.13. The van der Waals surface area contributed by atoms with E-state index in [2.05, 4.69) is 48.3 Å². The predicted molar refractivity (Wildman–Crippen MR) is 86.3 cm³/mol. The van der Waals surface area contributed by atoms with Crippen molar-refractivity contribution < 1.29 is 0 Å². The average Bonchev–Trinajstić information content (AvgIpc) is 3.33. The molecular formula is C18H25NS. The second kappa shape index (κ2) is 5.06. The van der Waals surface area contributed by atoms with Crippen LogP contribution in [0.1, 0.15) is 44.6 Å². The summed E-state index contributed by atoms with van der Waals surface area (Å²) in [6.07, 6.45) is 8.42. The molecule has 1 heterocycles. The van der Waals surface area contributed by atoms with Gasteiger partial charge in [0, 0.05) is 22.7 Å². The van der Waals surface area contributed by atoms with Gasteiger partial charge in [-0.25, -0.2) is 0 Å². The van der Waals surface area contributed by atoms with Crippen molar-refractivity contribution in [1.82, 2.24) is 5.32 Å². The lowest BCUT2D eigenvalue weighted by atomic mass is 9.79. The molecule has 2 atom stereocenters. The Morgan fingerprint density at radius 3 is 2.70 bits per heavy atom. The quantitative estimate of drug-likeness (QED) is 0.839. The van der Waals surface area contributed by atoms with Crippen molar-refractivity contribution in [3.8, 4) is 0 Å². The van der Waals surface area contributed by atoms with Gasteiger partial charge >= 0.3 is 0 Å². The van der Waals surface area contributed by atoms with Crippen molar-refractivity contribution in [3.05, 3.63) is 29.8 Å². The Morgan fingerprint density at radius 1 is 1.20 bits per heavy atom. The van der Waals surface area contributed by atoms with Crippen LogP contribution >= 0.6 is 11.8 Å². The summed E-state index contributed by atoms with van der Waals surface area (Å²) < 4.78 is 0. The molecule has 0 saturated heterocycles. The van der Waals surface area contributed by atoms with Gasteiger partial charge in [-0.15, -0.1) is 11.8 Å². The molecule has 1 aromatic carbocycles. The van der Waals surface area contributed by atoms with Crippen molar-refractivity contribution in [2.45, 2.75) is 61.6 Å². The lowest BCUT2D eigenvalue weighted by molar-refractivity contribution is 0.234. The Bertz CT molecular complexity index is 467. The molecule has 2 unspecified atom stereocenters. The van der Waals surface area contributed by atoms with Crippen LogP contribution in [0.15, 0.2) is 29.2 Å². The van der Waals surface area contributed by atoms with E-state index in [0.29, 0.717) is 5.41 Å². The zero-order valence-corrected chi connectivity index (χ0v) is 13.2. The molecular weight excluding hydrogens is 262 g/mol. The highest BCUT2D eigenvalue weighted by Crippen LogP contribution is 2.51. The summed E-state index contributed by atoms with van der Waals surface area (Å²) in [5, 5.41) is 4.61. The topological polar surface area (TPSA) is 12.0 Å². The number of thioether (sulfide) groups is 1. The van der Waals surface area contributed by atoms with Gasteiger partial charge in [-0.2, -0.15) is 0 Å². The molecule has 2 aliphatic carbocycles. The number of benzene rings is 1. The molecule has 3 aliphatic rings. The Labute approximate surface area is 126 Å². The third-order valence-electron chi connectivity index (χ3n) is 5.34. The van der Waals surface area contributed by atoms with Crippen molar-refractivity contribution in [2.24, 2.45) is 11.3 Å². The van der Waals surface area contributed by atoms with Gasteiger partial charge in [-0.05, 0) is 61.5 Å². The van der Waals surface area contributed by atoms with Gasteiger partial charge in [0.1, 0.15) is 0 Å². The van der Waals surface area contributed by atoms with E-state index in [9.17, 15) is 0 Å². The van der Waals surface area contributed by atoms with Gasteiger partial charge in [0.15, 0.2) is 0 Å². The molecule has 1 nitrogen and oxygen atoms in total. The molecule has 2 heteroatoms. The van der Waals surface area contributed by atoms with E-state index < -0.39 is 0 Å². The molecule has 4 rings (SSSR count). The van der Waals surface area contributed by atoms with Crippen molar-refractivity contribution in [2.75, 3.05) is 6.54 Å². The molecule has 0 amide bonds. The molecule has 0 aromatic heterocycles. The maximum Gasteiger partial charge on any atom is 0.0141 e. The lowest BCUT2D eigenvalue weighted by Gasteiger charge is -2.32. The van der Waals surface area contributed by atoms with Crippen LogP contribution in [0.2, 0.25) is 0 Å². The number of rotatable bonds is 6. The Balaban J connectivity index is 1.41. The molecule has 0 spiro atoms. The normalized spacial score (nSPS) is 28.1. The molecule has 20 heavy (non-hydrogen) atoms. The summed E-state index contributed by atoms with van der Waals surface area (Å²) in [6, 6.07) is 9.84. The first kappa shape index (κ1) is 13.2. The Morgan fingerprint density at radius 2 is 2.00 bits per heavy atom. The van der Waals surface area contributed by atoms with E-state index in [1.807, 2.05) is 0 Å².